The molecule has 1 aromatic carbocycles. The summed E-state index contributed by atoms with van der Waals surface area (Å²) in [4.78, 5) is 0. The molecule has 0 unspecified atom stereocenters. The number of hydrogen-bond donors (Lipinski definition) is 2. The predicted molar refractivity (Wildman–Crippen MR) is 62.0 cm³/mol. The number of nitrogens with two attached hydrogens (primary N) is 1. The van der Waals surface area contributed by atoms with Crippen LogP contribution >= 0.6 is 11.6 Å². The first-order valence-corrected chi connectivity index (χ1v) is 5.05. The van der Waals surface area contributed by atoms with Crippen LogP contribution < -0.4 is 5.73 Å². The van der Waals surface area contributed by atoms with Crippen LogP contribution in [0.15, 0.2) is 24.3 Å². The zero-order chi connectivity index (χ0) is 11.5. The van der Waals surface area contributed by atoms with Gasteiger partial charge in [0.15, 0.2) is 5.82 Å². The summed E-state index contributed by atoms with van der Waals surface area (Å²) in [6.45, 7) is 0. The minimum atomic E-state index is 0.242. The summed E-state index contributed by atoms with van der Waals surface area (Å²) < 4.78 is 0. The summed E-state index contributed by atoms with van der Waals surface area (Å²) in [5.41, 5.74) is 7.73. The molecule has 2 rings (SSSR count). The second-order valence-electron chi connectivity index (χ2n) is 3.38. The average molecular weight is 233 g/mol. The molecule has 16 heavy (non-hydrogen) atoms. The highest BCUT2D eigenvalue weighted by Crippen LogP contribution is 2.17. The third-order valence-electron chi connectivity index (χ3n) is 2.28. The topological polar surface area (TPSA) is 78.5 Å². The molecule has 1 aromatic heterocycles. The molecule has 0 aliphatic carbocycles. The Kier molecular flexibility index (Phi) is 2.80. The predicted octanol–water partition coefficient (Wildman–Crippen LogP) is 2.11. The molecule has 0 radical (unpaired) electrons. The van der Waals surface area contributed by atoms with E-state index in [1.165, 1.54) is 0 Å². The summed E-state index contributed by atoms with van der Waals surface area (Å²) in [6, 6.07) is 9.45. The molecule has 1 heterocycles. The van der Waals surface area contributed by atoms with Crippen molar-refractivity contribution in [3.8, 4) is 6.07 Å². The lowest BCUT2D eigenvalue weighted by atomic mass is 10.1. The molecule has 0 saturated carbocycles. The molecule has 0 fully saturated rings. The maximum absolute atomic E-state index is 8.90. The van der Waals surface area contributed by atoms with Crippen molar-refractivity contribution >= 4 is 17.4 Å². The quantitative estimate of drug-likeness (QED) is 0.832. The monoisotopic (exact) mass is 232 g/mol. The summed E-state index contributed by atoms with van der Waals surface area (Å²) in [6.07, 6.45) is 0.588. The Morgan fingerprint density at radius 3 is 2.69 bits per heavy atom. The highest BCUT2D eigenvalue weighted by molar-refractivity contribution is 6.30. The minimum Gasteiger partial charge on any atom is -0.381 e. The van der Waals surface area contributed by atoms with E-state index in [2.05, 4.69) is 10.2 Å². The molecule has 0 spiro atoms. The molecule has 0 bridgehead atoms. The molecule has 4 nitrogen and oxygen atoms in total. The summed E-state index contributed by atoms with van der Waals surface area (Å²) >= 11 is 5.78. The van der Waals surface area contributed by atoms with Crippen LogP contribution in [0.3, 0.4) is 0 Å². The van der Waals surface area contributed by atoms with E-state index in [4.69, 9.17) is 22.6 Å². The Balaban J connectivity index is 2.27. The van der Waals surface area contributed by atoms with E-state index >= 15 is 0 Å². The Morgan fingerprint density at radius 2 is 2.06 bits per heavy atom. The smallest absolute Gasteiger partial charge is 0.163 e. The van der Waals surface area contributed by atoms with Crippen molar-refractivity contribution in [3.05, 3.63) is 46.1 Å². The van der Waals surface area contributed by atoms with Crippen LogP contribution in [-0.2, 0) is 6.42 Å². The van der Waals surface area contributed by atoms with Crippen molar-refractivity contribution in [2.45, 2.75) is 6.42 Å². The van der Waals surface area contributed by atoms with Gasteiger partial charge in [-0.05, 0) is 17.7 Å². The fourth-order valence-electron chi connectivity index (χ4n) is 1.45. The second-order valence-corrected chi connectivity index (χ2v) is 3.81. The first-order chi connectivity index (χ1) is 7.70. The van der Waals surface area contributed by atoms with Gasteiger partial charge in [-0.3, -0.25) is 5.10 Å². The lowest BCUT2D eigenvalue weighted by Gasteiger charge is -1.99. The lowest BCUT2D eigenvalue weighted by Crippen LogP contribution is -1.92. The number of benzene rings is 1. The number of hydrogen-bond acceptors (Lipinski definition) is 3. The zero-order valence-corrected chi connectivity index (χ0v) is 9.12. The first-order valence-electron chi connectivity index (χ1n) is 4.68. The largest absolute Gasteiger partial charge is 0.381 e. The van der Waals surface area contributed by atoms with Crippen LogP contribution in [0.4, 0.5) is 5.82 Å². The fourth-order valence-corrected chi connectivity index (χ4v) is 1.58. The van der Waals surface area contributed by atoms with Gasteiger partial charge in [-0.25, -0.2) is 0 Å². The number of anilines is 1. The lowest BCUT2D eigenvalue weighted by molar-refractivity contribution is 0.997. The van der Waals surface area contributed by atoms with Crippen molar-refractivity contribution in [1.82, 2.24) is 10.2 Å². The highest BCUT2D eigenvalue weighted by atomic mass is 35.5. The van der Waals surface area contributed by atoms with Crippen molar-refractivity contribution in [2.24, 2.45) is 0 Å². The van der Waals surface area contributed by atoms with E-state index in [0.717, 1.165) is 11.3 Å². The summed E-state index contributed by atoms with van der Waals surface area (Å²) in [7, 11) is 0. The second kappa shape index (κ2) is 4.25. The minimum absolute atomic E-state index is 0.242. The number of aromatic nitrogens is 2. The van der Waals surface area contributed by atoms with Crippen molar-refractivity contribution in [3.63, 3.8) is 0 Å². The van der Waals surface area contributed by atoms with E-state index < -0.39 is 0 Å². The molecule has 80 valence electrons. The molecule has 0 amide bonds. The van der Waals surface area contributed by atoms with Crippen LogP contribution in [0.5, 0.6) is 0 Å². The van der Waals surface area contributed by atoms with Gasteiger partial charge in [0, 0.05) is 11.4 Å². The zero-order valence-electron chi connectivity index (χ0n) is 8.37. The van der Waals surface area contributed by atoms with Crippen LogP contribution in [-0.4, -0.2) is 10.2 Å². The van der Waals surface area contributed by atoms with Gasteiger partial charge in [0.05, 0.1) is 5.69 Å². The maximum Gasteiger partial charge on any atom is 0.163 e. The number of nitrogen functional groups attached to an aromatic ring is 1. The van der Waals surface area contributed by atoms with Gasteiger partial charge in [-0.1, -0.05) is 23.7 Å². The van der Waals surface area contributed by atoms with Gasteiger partial charge in [0.25, 0.3) is 0 Å². The maximum atomic E-state index is 8.90. The summed E-state index contributed by atoms with van der Waals surface area (Å²) in [5.74, 6) is 0.242. The van der Waals surface area contributed by atoms with Gasteiger partial charge >= 0.3 is 0 Å². The molecule has 0 aliphatic heterocycles. The van der Waals surface area contributed by atoms with Crippen LogP contribution in [0.1, 0.15) is 16.8 Å². The van der Waals surface area contributed by atoms with Crippen LogP contribution in [0.2, 0.25) is 5.02 Å². The fraction of sp³-hybridized carbons (Fsp3) is 0.0909. The number of halogens is 1. The third-order valence-corrected chi connectivity index (χ3v) is 2.53. The number of nitrogens with zero attached hydrogens (tertiary/aromatic N) is 2. The Labute approximate surface area is 97.7 Å². The number of nitrogens with one attached hydrogen (secondary N) is 1. The molecule has 0 saturated heterocycles. The van der Waals surface area contributed by atoms with Crippen LogP contribution in [0.25, 0.3) is 0 Å². The van der Waals surface area contributed by atoms with Crippen molar-refractivity contribution in [1.29, 1.82) is 5.26 Å². The Bertz CT molecular complexity index is 536. The van der Waals surface area contributed by atoms with E-state index in [-0.39, 0.29) is 5.82 Å². The van der Waals surface area contributed by atoms with Crippen LogP contribution in [0, 0.1) is 11.3 Å². The van der Waals surface area contributed by atoms with Crippen molar-refractivity contribution in [2.75, 3.05) is 5.73 Å². The molecular formula is C11H9ClN4. The standard InChI is InChI=1S/C11H9ClN4/c12-8-3-1-7(2-4-8)5-10-9(6-13)11(14)16-15-10/h1-4H,5H2,(H3,14,15,16). The molecule has 5 heteroatoms. The highest BCUT2D eigenvalue weighted by Gasteiger charge is 2.10. The molecule has 3 N–H and O–H groups in total. The number of nitriles is 1. The number of aromatic amines is 1. The van der Waals surface area contributed by atoms with Gasteiger partial charge in [-0.15, -0.1) is 0 Å². The average Bonchev–Trinajstić information content (AvgIpc) is 2.63. The molecule has 0 atom stereocenters. The van der Waals surface area contributed by atoms with Gasteiger partial charge in [0.1, 0.15) is 11.6 Å². The molecular weight excluding hydrogens is 224 g/mol. The summed E-state index contributed by atoms with van der Waals surface area (Å²) in [5, 5.41) is 16.2. The number of H-pyrrole nitrogens is 1. The molecule has 2 aromatic rings. The number of rotatable bonds is 2. The SMILES string of the molecule is N#Cc1c(N)n[nH]c1Cc1ccc(Cl)cc1. The van der Waals surface area contributed by atoms with E-state index in [0.29, 0.717) is 17.0 Å². The van der Waals surface area contributed by atoms with Gasteiger partial charge in [0.2, 0.25) is 0 Å². The van der Waals surface area contributed by atoms with E-state index in [1.807, 2.05) is 30.3 Å². The van der Waals surface area contributed by atoms with Crippen molar-refractivity contribution < 1.29 is 0 Å². The molecule has 0 aliphatic rings. The van der Waals surface area contributed by atoms with E-state index in [9.17, 15) is 0 Å². The Hall–Kier alpha value is -1.99. The van der Waals surface area contributed by atoms with Gasteiger partial charge < -0.3 is 5.73 Å². The first kappa shape index (κ1) is 10.5. The van der Waals surface area contributed by atoms with E-state index in [1.54, 1.807) is 0 Å². The third kappa shape index (κ3) is 2.00. The Morgan fingerprint density at radius 1 is 1.38 bits per heavy atom. The normalized spacial score (nSPS) is 10.0. The van der Waals surface area contributed by atoms with Gasteiger partial charge in [-0.2, -0.15) is 10.4 Å².